The van der Waals surface area contributed by atoms with Crippen LogP contribution in [-0.2, 0) is 40.4 Å². The van der Waals surface area contributed by atoms with E-state index < -0.39 is 5.54 Å². The van der Waals surface area contributed by atoms with Gasteiger partial charge in [-0.05, 0) is 49.6 Å². The lowest BCUT2D eigenvalue weighted by Crippen LogP contribution is -2.62. The highest BCUT2D eigenvalue weighted by atomic mass is 19.1. The van der Waals surface area contributed by atoms with Gasteiger partial charge in [0.05, 0.1) is 96.3 Å². The summed E-state index contributed by atoms with van der Waals surface area (Å²) in [6.07, 6.45) is 3.05. The van der Waals surface area contributed by atoms with Crippen LogP contribution in [0.1, 0.15) is 61.2 Å². The molecule has 19 heteroatoms. The lowest BCUT2D eigenvalue weighted by atomic mass is 9.87. The summed E-state index contributed by atoms with van der Waals surface area (Å²) in [5, 5.41) is 24.1. The molecule has 1 aliphatic heterocycles. The van der Waals surface area contributed by atoms with Crippen LogP contribution in [0.3, 0.4) is 0 Å². The first-order valence-corrected chi connectivity index (χ1v) is 19.7. The molecule has 2 N–H and O–H groups in total. The number of nitrogens with one attached hydrogen (secondary N) is 1. The average Bonchev–Trinajstić information content (AvgIpc) is 3.85. The van der Waals surface area contributed by atoms with Crippen LogP contribution < -0.4 is 5.32 Å². The Bertz CT molecular complexity index is 1980. The molecule has 1 aliphatic rings. The number of aliphatic hydroxyl groups is 1. The summed E-state index contributed by atoms with van der Waals surface area (Å²) < 4.78 is 43.4. The number of ether oxygens (including phenoxy) is 5. The van der Waals surface area contributed by atoms with Crippen molar-refractivity contribution < 1.29 is 47.6 Å². The molecule has 1 fully saturated rings. The van der Waals surface area contributed by atoms with E-state index in [0.717, 1.165) is 11.1 Å². The van der Waals surface area contributed by atoms with E-state index in [1.165, 1.54) is 23.0 Å². The number of hydrogen-bond acceptors (Lipinski definition) is 13. The molecule has 0 unspecified atom stereocenters. The SMILES string of the molecule is CC(C)(C)c1cc(-c2ccc(F)cc2)nn2cc(C(=O)N3CCN(C(=O)c4cn(CC(=O)NCCOCCOCCOCCOCCOCCO)nn4)CC3(C)C)nc12. The number of aliphatic hydroxyl groups excluding tert-OH is 1. The minimum Gasteiger partial charge on any atom is -0.394 e. The number of carbonyl (C=O) groups is 3. The van der Waals surface area contributed by atoms with E-state index in [1.54, 1.807) is 32.6 Å². The Balaban J connectivity index is 1.03. The quantitative estimate of drug-likeness (QED) is 0.109. The fourth-order valence-corrected chi connectivity index (χ4v) is 6.38. The molecule has 0 aliphatic carbocycles. The number of rotatable bonds is 22. The Morgan fingerprint density at radius 3 is 2.03 bits per heavy atom. The molecule has 18 nitrogen and oxygen atoms in total. The highest BCUT2D eigenvalue weighted by Gasteiger charge is 2.40. The van der Waals surface area contributed by atoms with Gasteiger partial charge in [0, 0.05) is 37.3 Å². The predicted molar refractivity (Wildman–Crippen MR) is 212 cm³/mol. The summed E-state index contributed by atoms with van der Waals surface area (Å²) in [5.41, 5.74) is 2.03. The van der Waals surface area contributed by atoms with Gasteiger partial charge >= 0.3 is 0 Å². The van der Waals surface area contributed by atoms with Gasteiger partial charge in [0.2, 0.25) is 5.91 Å². The summed E-state index contributed by atoms with van der Waals surface area (Å²) in [7, 11) is 0. The van der Waals surface area contributed by atoms with Gasteiger partial charge in [0.15, 0.2) is 11.3 Å². The number of piperazine rings is 1. The summed E-state index contributed by atoms with van der Waals surface area (Å²) in [4.78, 5) is 48.1. The molecule has 5 rings (SSSR count). The first-order chi connectivity index (χ1) is 28.3. The molecular weight excluding hydrogens is 769 g/mol. The average molecular weight is 826 g/mol. The lowest BCUT2D eigenvalue weighted by molar-refractivity contribution is -0.122. The van der Waals surface area contributed by atoms with Crippen molar-refractivity contribution in [1.82, 2.24) is 44.7 Å². The zero-order valence-electron chi connectivity index (χ0n) is 34.5. The van der Waals surface area contributed by atoms with Gasteiger partial charge in [-0.2, -0.15) is 5.10 Å². The van der Waals surface area contributed by atoms with Crippen molar-refractivity contribution in [3.8, 4) is 11.3 Å². The van der Waals surface area contributed by atoms with Crippen LogP contribution in [0.2, 0.25) is 0 Å². The van der Waals surface area contributed by atoms with E-state index >= 15 is 0 Å². The molecule has 4 heterocycles. The van der Waals surface area contributed by atoms with E-state index in [-0.39, 0.29) is 79.7 Å². The molecule has 0 saturated carbocycles. The van der Waals surface area contributed by atoms with Gasteiger partial charge in [0.25, 0.3) is 11.8 Å². The predicted octanol–water partition coefficient (Wildman–Crippen LogP) is 1.99. The molecule has 0 spiro atoms. The molecule has 0 bridgehead atoms. The normalized spacial score (nSPS) is 14.3. The third kappa shape index (κ3) is 13.0. The highest BCUT2D eigenvalue weighted by Crippen LogP contribution is 2.31. The van der Waals surface area contributed by atoms with Crippen LogP contribution >= 0.6 is 0 Å². The maximum Gasteiger partial charge on any atom is 0.276 e. The van der Waals surface area contributed by atoms with Crippen LogP contribution in [0.5, 0.6) is 0 Å². The van der Waals surface area contributed by atoms with E-state index in [4.69, 9.17) is 38.9 Å². The van der Waals surface area contributed by atoms with Crippen molar-refractivity contribution in [1.29, 1.82) is 0 Å². The minimum absolute atomic E-state index is 0.00579. The highest BCUT2D eigenvalue weighted by molar-refractivity contribution is 5.95. The number of carbonyl (C=O) groups excluding carboxylic acids is 3. The molecule has 0 radical (unpaired) electrons. The van der Waals surface area contributed by atoms with Crippen molar-refractivity contribution >= 4 is 23.4 Å². The van der Waals surface area contributed by atoms with Crippen LogP contribution in [0.25, 0.3) is 16.9 Å². The second-order valence-corrected chi connectivity index (χ2v) is 15.5. The second kappa shape index (κ2) is 21.4. The number of halogens is 1. The first kappa shape index (κ1) is 45.2. The Labute approximate surface area is 342 Å². The van der Waals surface area contributed by atoms with Crippen LogP contribution in [-0.4, -0.2) is 167 Å². The van der Waals surface area contributed by atoms with Crippen molar-refractivity contribution in [2.75, 3.05) is 98.9 Å². The number of benzene rings is 1. The summed E-state index contributed by atoms with van der Waals surface area (Å²) in [6, 6.07) is 8.03. The fraction of sp³-hybridized carbons (Fsp3) is 0.575. The molecule has 1 saturated heterocycles. The number of hydrogen-bond donors (Lipinski definition) is 2. The number of aromatic nitrogens is 6. The third-order valence-electron chi connectivity index (χ3n) is 9.38. The molecule has 3 aromatic heterocycles. The van der Waals surface area contributed by atoms with Gasteiger partial charge in [0.1, 0.15) is 18.1 Å². The number of fused-ring (bicyclic) bond motifs is 1. The van der Waals surface area contributed by atoms with Crippen molar-refractivity contribution in [3.05, 3.63) is 65.5 Å². The number of amides is 3. The summed E-state index contributed by atoms with van der Waals surface area (Å²) in [6.45, 7) is 14.8. The van der Waals surface area contributed by atoms with Gasteiger partial charge in [-0.25, -0.2) is 18.6 Å². The van der Waals surface area contributed by atoms with Gasteiger partial charge in [-0.3, -0.25) is 14.4 Å². The van der Waals surface area contributed by atoms with Crippen molar-refractivity contribution in [3.63, 3.8) is 0 Å². The smallest absolute Gasteiger partial charge is 0.276 e. The topological polar surface area (TPSA) is 197 Å². The molecule has 322 valence electrons. The molecule has 1 aromatic carbocycles. The molecular formula is C40H56FN9O9. The van der Waals surface area contributed by atoms with Crippen molar-refractivity contribution in [2.45, 2.75) is 52.1 Å². The monoisotopic (exact) mass is 825 g/mol. The van der Waals surface area contributed by atoms with E-state index in [2.05, 4.69) is 36.4 Å². The summed E-state index contributed by atoms with van der Waals surface area (Å²) in [5.74, 6) is -1.30. The Morgan fingerprint density at radius 1 is 0.831 bits per heavy atom. The summed E-state index contributed by atoms with van der Waals surface area (Å²) >= 11 is 0. The van der Waals surface area contributed by atoms with E-state index in [0.29, 0.717) is 77.4 Å². The Hall–Kier alpha value is -4.92. The maximum absolute atomic E-state index is 14.0. The largest absolute Gasteiger partial charge is 0.394 e. The van der Waals surface area contributed by atoms with Crippen LogP contribution in [0.15, 0.2) is 42.7 Å². The van der Waals surface area contributed by atoms with Gasteiger partial charge in [-0.1, -0.05) is 26.0 Å². The standard InChI is InChI=1S/C40H56FN9O9/c1-39(2,3)31-24-32(29-6-8-30(41)9-7-29)45-50-26-33(43-36(31)50)38(54)49-12-11-47(28-40(49,4)5)37(53)34-25-48(46-44-34)27-35(52)42-10-14-55-16-18-57-20-22-59-23-21-58-19-17-56-15-13-51/h6-9,24-26,51H,10-23,27-28H2,1-5H3,(H,42,52). The van der Waals surface area contributed by atoms with Crippen LogP contribution in [0, 0.1) is 5.82 Å². The Morgan fingerprint density at radius 2 is 1.44 bits per heavy atom. The zero-order valence-corrected chi connectivity index (χ0v) is 34.5. The second-order valence-electron chi connectivity index (χ2n) is 15.5. The molecule has 59 heavy (non-hydrogen) atoms. The molecule has 3 amide bonds. The molecule has 0 atom stereocenters. The zero-order chi connectivity index (χ0) is 42.4. The van der Waals surface area contributed by atoms with Crippen LogP contribution in [0.4, 0.5) is 4.39 Å². The molecule has 4 aromatic rings. The minimum atomic E-state index is -0.757. The van der Waals surface area contributed by atoms with Crippen molar-refractivity contribution in [2.24, 2.45) is 0 Å². The van der Waals surface area contributed by atoms with Gasteiger partial charge in [-0.15, -0.1) is 5.10 Å². The lowest BCUT2D eigenvalue weighted by Gasteiger charge is -2.46. The van der Waals surface area contributed by atoms with Gasteiger partial charge < -0.3 is 43.9 Å². The van der Waals surface area contributed by atoms with E-state index in [9.17, 15) is 18.8 Å². The Kier molecular flexibility index (Phi) is 16.4. The fourth-order valence-electron chi connectivity index (χ4n) is 6.38. The first-order valence-electron chi connectivity index (χ1n) is 19.7. The number of imidazole rings is 1. The third-order valence-corrected chi connectivity index (χ3v) is 9.38. The maximum atomic E-state index is 14.0. The van der Waals surface area contributed by atoms with E-state index in [1.807, 2.05) is 19.9 Å². The number of nitrogens with zero attached hydrogens (tertiary/aromatic N) is 8.